The molecule has 0 fully saturated rings. The molecule has 2 heterocycles. The van der Waals surface area contributed by atoms with E-state index in [-0.39, 0.29) is 0 Å². The van der Waals surface area contributed by atoms with Crippen molar-refractivity contribution in [3.8, 4) is 11.4 Å². The quantitative estimate of drug-likeness (QED) is 0.589. The first-order chi connectivity index (χ1) is 12.6. The average molecular weight is 344 g/mol. The number of primary amides is 1. The summed E-state index contributed by atoms with van der Waals surface area (Å²) in [5.74, 6) is 0.500. The molecule has 0 saturated carbocycles. The van der Waals surface area contributed by atoms with E-state index in [2.05, 4.69) is 15.1 Å². The maximum Gasteiger partial charge on any atom is 0.248 e. The van der Waals surface area contributed by atoms with Crippen molar-refractivity contribution in [3.05, 3.63) is 71.9 Å². The number of hydrogen-bond donors (Lipinski definition) is 2. The van der Waals surface area contributed by atoms with Gasteiger partial charge < -0.3 is 11.5 Å². The van der Waals surface area contributed by atoms with Gasteiger partial charge in [-0.05, 0) is 17.7 Å². The zero-order chi connectivity index (χ0) is 18.1. The first-order valence-electron chi connectivity index (χ1n) is 8.05. The zero-order valence-electron chi connectivity index (χ0n) is 13.8. The Balaban J connectivity index is 1.74. The van der Waals surface area contributed by atoms with Crippen LogP contribution in [0.2, 0.25) is 0 Å². The first kappa shape index (κ1) is 15.8. The highest BCUT2D eigenvalue weighted by molar-refractivity contribution is 5.92. The van der Waals surface area contributed by atoms with Gasteiger partial charge in [-0.15, -0.1) is 0 Å². The van der Waals surface area contributed by atoms with Gasteiger partial charge in [-0.1, -0.05) is 42.5 Å². The number of anilines is 1. The molecule has 26 heavy (non-hydrogen) atoms. The van der Waals surface area contributed by atoms with Crippen molar-refractivity contribution in [3.63, 3.8) is 0 Å². The summed E-state index contributed by atoms with van der Waals surface area (Å²) in [5.41, 5.74) is 14.4. The molecule has 0 unspecified atom stereocenters. The van der Waals surface area contributed by atoms with Crippen LogP contribution in [0.5, 0.6) is 0 Å². The molecule has 7 nitrogen and oxygen atoms in total. The molecule has 128 valence electrons. The van der Waals surface area contributed by atoms with Crippen molar-refractivity contribution in [2.24, 2.45) is 5.73 Å². The number of nitrogens with two attached hydrogens (primary N) is 2. The molecular formula is C19H16N6O. The minimum Gasteiger partial charge on any atom is -0.383 e. The number of rotatable bonds is 4. The lowest BCUT2D eigenvalue weighted by atomic mass is 10.1. The Bertz CT molecular complexity index is 1090. The maximum atomic E-state index is 11.2. The number of carbonyl (C=O) groups is 1. The Kier molecular flexibility index (Phi) is 3.81. The standard InChI is InChI=1S/C19H16N6O/c20-16-15-10-22-25(11-12-6-8-13(9-7-12)17(21)26)19(15)24-18(23-16)14-4-2-1-3-5-14/h1-10H,11H2,(H2,21,26)(H2,20,23,24). The molecule has 1 amide bonds. The molecule has 2 aromatic carbocycles. The van der Waals surface area contributed by atoms with Gasteiger partial charge >= 0.3 is 0 Å². The molecule has 2 aromatic heterocycles. The third-order valence-corrected chi connectivity index (χ3v) is 4.13. The molecule has 4 rings (SSSR count). The lowest BCUT2D eigenvalue weighted by molar-refractivity contribution is 0.100. The molecular weight excluding hydrogens is 328 g/mol. The van der Waals surface area contributed by atoms with E-state index in [1.807, 2.05) is 42.5 Å². The van der Waals surface area contributed by atoms with Crippen LogP contribution < -0.4 is 11.5 Å². The Labute approximate surface area is 149 Å². The Hall–Kier alpha value is -3.74. The Morgan fingerprint density at radius 1 is 1.00 bits per heavy atom. The summed E-state index contributed by atoms with van der Waals surface area (Å²) < 4.78 is 1.76. The highest BCUT2D eigenvalue weighted by Gasteiger charge is 2.12. The largest absolute Gasteiger partial charge is 0.383 e. The van der Waals surface area contributed by atoms with Gasteiger partial charge in [0.2, 0.25) is 5.91 Å². The van der Waals surface area contributed by atoms with Gasteiger partial charge in [0.05, 0.1) is 18.1 Å². The number of carbonyl (C=O) groups excluding carboxylic acids is 1. The van der Waals surface area contributed by atoms with Crippen LogP contribution in [-0.2, 0) is 6.54 Å². The molecule has 0 saturated heterocycles. The van der Waals surface area contributed by atoms with Crippen molar-refractivity contribution in [2.45, 2.75) is 6.54 Å². The van der Waals surface area contributed by atoms with E-state index in [0.717, 1.165) is 11.1 Å². The average Bonchev–Trinajstić information content (AvgIpc) is 3.06. The topological polar surface area (TPSA) is 113 Å². The van der Waals surface area contributed by atoms with Crippen LogP contribution in [0, 0.1) is 0 Å². The van der Waals surface area contributed by atoms with E-state index >= 15 is 0 Å². The number of benzene rings is 2. The molecule has 4 N–H and O–H groups in total. The van der Waals surface area contributed by atoms with Crippen LogP contribution in [0.1, 0.15) is 15.9 Å². The number of amides is 1. The van der Waals surface area contributed by atoms with Gasteiger partial charge in [-0.2, -0.15) is 5.10 Å². The van der Waals surface area contributed by atoms with Gasteiger partial charge in [0, 0.05) is 11.1 Å². The van der Waals surface area contributed by atoms with Gasteiger partial charge in [0.15, 0.2) is 11.5 Å². The van der Waals surface area contributed by atoms with E-state index in [4.69, 9.17) is 11.5 Å². The normalized spacial score (nSPS) is 10.9. The second kappa shape index (κ2) is 6.29. The molecule has 0 aliphatic carbocycles. The van der Waals surface area contributed by atoms with Gasteiger partial charge in [-0.3, -0.25) is 4.79 Å². The second-order valence-corrected chi connectivity index (χ2v) is 5.90. The van der Waals surface area contributed by atoms with Crippen LogP contribution in [-0.4, -0.2) is 25.7 Å². The fourth-order valence-electron chi connectivity index (χ4n) is 2.76. The predicted octanol–water partition coefficient (Wildman–Crippen LogP) is 2.22. The third kappa shape index (κ3) is 2.86. The van der Waals surface area contributed by atoms with Gasteiger partial charge in [-0.25, -0.2) is 14.6 Å². The van der Waals surface area contributed by atoms with E-state index < -0.39 is 5.91 Å². The van der Waals surface area contributed by atoms with Crippen molar-refractivity contribution in [2.75, 3.05) is 5.73 Å². The number of hydrogen-bond acceptors (Lipinski definition) is 5. The van der Waals surface area contributed by atoms with E-state index in [1.54, 1.807) is 23.0 Å². The van der Waals surface area contributed by atoms with Crippen molar-refractivity contribution >= 4 is 22.8 Å². The summed E-state index contributed by atoms with van der Waals surface area (Å²) in [6.07, 6.45) is 1.66. The summed E-state index contributed by atoms with van der Waals surface area (Å²) in [6.45, 7) is 0.493. The fraction of sp³-hybridized carbons (Fsp3) is 0.0526. The van der Waals surface area contributed by atoms with Crippen LogP contribution in [0.3, 0.4) is 0 Å². The minimum atomic E-state index is -0.450. The minimum absolute atomic E-state index is 0.393. The van der Waals surface area contributed by atoms with E-state index in [0.29, 0.717) is 34.8 Å². The van der Waals surface area contributed by atoms with Crippen molar-refractivity contribution in [1.82, 2.24) is 19.7 Å². The first-order valence-corrected chi connectivity index (χ1v) is 8.05. The summed E-state index contributed by atoms with van der Waals surface area (Å²) in [5, 5.41) is 5.09. The highest BCUT2D eigenvalue weighted by atomic mass is 16.1. The molecule has 0 bridgehead atoms. The summed E-state index contributed by atoms with van der Waals surface area (Å²) in [4.78, 5) is 20.2. The van der Waals surface area contributed by atoms with Crippen LogP contribution in [0.4, 0.5) is 5.82 Å². The van der Waals surface area contributed by atoms with Gasteiger partial charge in [0.25, 0.3) is 0 Å². The highest BCUT2D eigenvalue weighted by Crippen LogP contribution is 2.23. The van der Waals surface area contributed by atoms with E-state index in [1.165, 1.54) is 0 Å². The molecule has 0 radical (unpaired) electrons. The Morgan fingerprint density at radius 3 is 2.42 bits per heavy atom. The SMILES string of the molecule is NC(=O)c1ccc(Cn2ncc3c(N)nc(-c4ccccc4)nc32)cc1. The summed E-state index contributed by atoms with van der Waals surface area (Å²) in [6, 6.07) is 16.7. The number of fused-ring (bicyclic) bond motifs is 1. The number of nitrogen functional groups attached to an aromatic ring is 1. The van der Waals surface area contributed by atoms with Gasteiger partial charge in [0.1, 0.15) is 5.82 Å². The van der Waals surface area contributed by atoms with Crippen LogP contribution >= 0.6 is 0 Å². The molecule has 0 aliphatic rings. The molecule has 4 aromatic rings. The molecule has 0 atom stereocenters. The molecule has 7 heteroatoms. The fourth-order valence-corrected chi connectivity index (χ4v) is 2.76. The van der Waals surface area contributed by atoms with Crippen LogP contribution in [0.25, 0.3) is 22.4 Å². The number of nitrogens with zero attached hydrogens (tertiary/aromatic N) is 4. The van der Waals surface area contributed by atoms with Crippen LogP contribution in [0.15, 0.2) is 60.8 Å². The van der Waals surface area contributed by atoms with Crippen molar-refractivity contribution < 1.29 is 4.79 Å². The third-order valence-electron chi connectivity index (χ3n) is 4.13. The maximum absolute atomic E-state index is 11.2. The Morgan fingerprint density at radius 2 is 1.73 bits per heavy atom. The molecule has 0 spiro atoms. The van der Waals surface area contributed by atoms with E-state index in [9.17, 15) is 4.79 Å². The lowest BCUT2D eigenvalue weighted by Crippen LogP contribution is -2.11. The summed E-state index contributed by atoms with van der Waals surface area (Å²) in [7, 11) is 0. The molecule has 0 aliphatic heterocycles. The second-order valence-electron chi connectivity index (χ2n) is 5.90. The number of aromatic nitrogens is 4. The predicted molar refractivity (Wildman–Crippen MR) is 99.2 cm³/mol. The lowest BCUT2D eigenvalue weighted by Gasteiger charge is -2.06. The summed E-state index contributed by atoms with van der Waals surface area (Å²) >= 11 is 0. The van der Waals surface area contributed by atoms with Crippen molar-refractivity contribution in [1.29, 1.82) is 0 Å². The smallest absolute Gasteiger partial charge is 0.248 e. The zero-order valence-corrected chi connectivity index (χ0v) is 13.8. The monoisotopic (exact) mass is 344 g/mol.